The van der Waals surface area contributed by atoms with Crippen molar-refractivity contribution in [1.29, 1.82) is 0 Å². The van der Waals surface area contributed by atoms with E-state index in [1.54, 1.807) is 18.2 Å². The molecule has 2 aromatic heterocycles. The molecule has 5 rings (SSSR count). The van der Waals surface area contributed by atoms with E-state index in [-0.39, 0.29) is 22.8 Å². The van der Waals surface area contributed by atoms with E-state index in [9.17, 15) is 25.0 Å². The number of non-ortho nitro benzene ring substituents is 1. The number of thiophene rings is 1. The average Bonchev–Trinajstić information content (AvgIpc) is 3.23. The summed E-state index contributed by atoms with van der Waals surface area (Å²) in [6.45, 7) is 0. The molecule has 35 heavy (non-hydrogen) atoms. The molecule has 178 valence electrons. The van der Waals surface area contributed by atoms with Crippen molar-refractivity contribution in [3.05, 3.63) is 77.4 Å². The van der Waals surface area contributed by atoms with Crippen LogP contribution in [-0.2, 0) is 12.8 Å². The summed E-state index contributed by atoms with van der Waals surface area (Å²) < 4.78 is 11.1. The molecule has 0 amide bonds. The van der Waals surface area contributed by atoms with E-state index in [2.05, 4.69) is 9.97 Å². The van der Waals surface area contributed by atoms with E-state index in [0.717, 1.165) is 49.4 Å². The van der Waals surface area contributed by atoms with Crippen LogP contribution in [0.3, 0.4) is 0 Å². The van der Waals surface area contributed by atoms with Crippen molar-refractivity contribution in [2.45, 2.75) is 25.7 Å². The minimum absolute atomic E-state index is 0.121. The number of nitro groups is 2. The van der Waals surface area contributed by atoms with Gasteiger partial charge in [0, 0.05) is 16.5 Å². The second kappa shape index (κ2) is 8.80. The van der Waals surface area contributed by atoms with Gasteiger partial charge in [0.1, 0.15) is 10.7 Å². The third kappa shape index (κ3) is 4.08. The summed E-state index contributed by atoms with van der Waals surface area (Å²) in [5, 5.41) is 23.2. The van der Waals surface area contributed by atoms with Gasteiger partial charge in [-0.2, -0.15) is 0 Å². The van der Waals surface area contributed by atoms with Gasteiger partial charge in [-0.25, -0.2) is 4.98 Å². The first-order valence-electron chi connectivity index (χ1n) is 10.7. The third-order valence-corrected chi connectivity index (χ3v) is 7.02. The molecule has 1 aliphatic rings. The molecular formula is C23H18N4O7S. The van der Waals surface area contributed by atoms with Crippen molar-refractivity contribution in [3.8, 4) is 28.6 Å². The number of nitrogens with one attached hydrogen (secondary N) is 1. The number of hydrogen-bond acceptors (Lipinski definition) is 9. The molecule has 0 unspecified atom stereocenters. The van der Waals surface area contributed by atoms with Crippen LogP contribution in [0.15, 0.2) is 41.2 Å². The molecule has 0 spiro atoms. The number of aryl methyl sites for hydroxylation is 2. The highest BCUT2D eigenvalue weighted by Crippen LogP contribution is 2.40. The second-order valence-corrected chi connectivity index (χ2v) is 9.02. The van der Waals surface area contributed by atoms with Crippen molar-refractivity contribution in [2.75, 3.05) is 7.11 Å². The van der Waals surface area contributed by atoms with Crippen LogP contribution in [-0.4, -0.2) is 26.9 Å². The number of methoxy groups -OCH3 is 1. The number of benzene rings is 2. The maximum absolute atomic E-state index is 12.9. The van der Waals surface area contributed by atoms with E-state index in [1.165, 1.54) is 23.3 Å². The minimum atomic E-state index is -0.760. The lowest BCUT2D eigenvalue weighted by molar-refractivity contribution is -0.394. The number of aromatic nitrogens is 2. The molecule has 12 heteroatoms. The molecule has 1 N–H and O–H groups in total. The molecule has 0 aliphatic heterocycles. The highest BCUT2D eigenvalue weighted by Gasteiger charge is 2.23. The topological polar surface area (TPSA) is 150 Å². The molecule has 1 aliphatic carbocycles. The standard InChI is InChI=1S/C23H18N4O7S/c1-33-17-8-6-12(10-18(17)34-16-9-7-13(26(29)30)11-15(16)27(31)32)21-24-22(28)20-14-4-2-3-5-19(14)35-23(20)25-21/h6-11H,2-5H2,1H3,(H,24,25,28). The highest BCUT2D eigenvalue weighted by molar-refractivity contribution is 7.18. The van der Waals surface area contributed by atoms with Gasteiger partial charge in [0.2, 0.25) is 5.75 Å². The number of ether oxygens (including phenoxy) is 2. The lowest BCUT2D eigenvalue weighted by Gasteiger charge is -2.12. The summed E-state index contributed by atoms with van der Waals surface area (Å²) in [5.74, 6) is 0.525. The predicted molar refractivity (Wildman–Crippen MR) is 129 cm³/mol. The summed E-state index contributed by atoms with van der Waals surface area (Å²) in [4.78, 5) is 43.4. The van der Waals surface area contributed by atoms with Crippen LogP contribution >= 0.6 is 11.3 Å². The zero-order valence-corrected chi connectivity index (χ0v) is 19.2. The highest BCUT2D eigenvalue weighted by atomic mass is 32.1. The predicted octanol–water partition coefficient (Wildman–Crippen LogP) is 5.15. The first-order valence-corrected chi connectivity index (χ1v) is 11.5. The minimum Gasteiger partial charge on any atom is -0.493 e. The van der Waals surface area contributed by atoms with Gasteiger partial charge >= 0.3 is 5.69 Å². The summed E-state index contributed by atoms with van der Waals surface area (Å²) in [6.07, 6.45) is 3.96. The molecule has 0 fully saturated rings. The van der Waals surface area contributed by atoms with E-state index >= 15 is 0 Å². The van der Waals surface area contributed by atoms with Gasteiger partial charge in [0.05, 0.1) is 28.4 Å². The fraction of sp³-hybridized carbons (Fsp3) is 0.217. The van der Waals surface area contributed by atoms with Gasteiger partial charge in [-0.3, -0.25) is 25.0 Å². The molecular weight excluding hydrogens is 476 g/mol. The number of hydrogen-bond donors (Lipinski definition) is 1. The molecule has 0 radical (unpaired) electrons. The average molecular weight is 494 g/mol. The van der Waals surface area contributed by atoms with Crippen molar-refractivity contribution >= 4 is 32.9 Å². The summed E-state index contributed by atoms with van der Waals surface area (Å²) in [6, 6.07) is 7.92. The van der Waals surface area contributed by atoms with E-state index in [1.807, 2.05) is 0 Å². The van der Waals surface area contributed by atoms with Gasteiger partial charge in [0.15, 0.2) is 11.5 Å². The van der Waals surface area contributed by atoms with Crippen LogP contribution in [0.2, 0.25) is 0 Å². The van der Waals surface area contributed by atoms with Gasteiger partial charge in [-0.15, -0.1) is 11.3 Å². The number of rotatable bonds is 6. The Morgan fingerprint density at radius 3 is 2.51 bits per heavy atom. The van der Waals surface area contributed by atoms with E-state index in [0.29, 0.717) is 21.6 Å². The molecule has 0 atom stereocenters. The SMILES string of the molecule is COc1ccc(-c2nc3sc4c(c3c(=O)[nH]2)CCCC4)cc1Oc1ccc([N+](=O)[O-])cc1[N+](=O)[O-]. The molecule has 2 aromatic carbocycles. The molecule has 11 nitrogen and oxygen atoms in total. The Labute approximate surface area is 201 Å². The van der Waals surface area contributed by atoms with Crippen LogP contribution in [0.25, 0.3) is 21.6 Å². The van der Waals surface area contributed by atoms with Crippen LogP contribution in [0, 0.1) is 20.2 Å². The Kier molecular flexibility index (Phi) is 5.65. The Morgan fingerprint density at radius 1 is 1.00 bits per heavy atom. The zero-order chi connectivity index (χ0) is 24.7. The maximum Gasteiger partial charge on any atom is 0.318 e. The van der Waals surface area contributed by atoms with Crippen molar-refractivity contribution < 1.29 is 19.3 Å². The van der Waals surface area contributed by atoms with Crippen molar-refractivity contribution in [2.24, 2.45) is 0 Å². The zero-order valence-electron chi connectivity index (χ0n) is 18.4. The fourth-order valence-electron chi connectivity index (χ4n) is 4.17. The number of H-pyrrole nitrogens is 1. The Bertz CT molecular complexity index is 1560. The Morgan fingerprint density at radius 2 is 1.77 bits per heavy atom. The first kappa shape index (κ1) is 22.5. The number of aromatic amines is 1. The summed E-state index contributed by atoms with van der Waals surface area (Å²) in [7, 11) is 1.41. The molecule has 0 saturated heterocycles. The van der Waals surface area contributed by atoms with Crippen LogP contribution in [0.5, 0.6) is 17.2 Å². The lowest BCUT2D eigenvalue weighted by Crippen LogP contribution is -2.11. The van der Waals surface area contributed by atoms with E-state index < -0.39 is 21.2 Å². The smallest absolute Gasteiger partial charge is 0.318 e. The van der Waals surface area contributed by atoms with Gasteiger partial charge in [0.25, 0.3) is 11.2 Å². The van der Waals surface area contributed by atoms with Gasteiger partial charge in [-0.05, 0) is 55.5 Å². The van der Waals surface area contributed by atoms with Crippen LogP contribution in [0.1, 0.15) is 23.3 Å². The summed E-state index contributed by atoms with van der Waals surface area (Å²) in [5.41, 5.74) is 0.382. The maximum atomic E-state index is 12.9. The monoisotopic (exact) mass is 494 g/mol. The molecule has 4 aromatic rings. The number of fused-ring (bicyclic) bond motifs is 3. The Hall–Kier alpha value is -4.32. The molecule has 0 bridgehead atoms. The Balaban J connectivity index is 1.57. The quantitative estimate of drug-likeness (QED) is 0.286. The van der Waals surface area contributed by atoms with Crippen molar-refractivity contribution in [1.82, 2.24) is 9.97 Å². The number of nitro benzene ring substituents is 2. The summed E-state index contributed by atoms with van der Waals surface area (Å²) >= 11 is 1.53. The van der Waals surface area contributed by atoms with Crippen LogP contribution in [0.4, 0.5) is 11.4 Å². The number of nitrogens with zero attached hydrogens (tertiary/aromatic N) is 3. The molecule has 0 saturated carbocycles. The van der Waals surface area contributed by atoms with E-state index in [4.69, 9.17) is 9.47 Å². The second-order valence-electron chi connectivity index (χ2n) is 7.94. The molecule has 2 heterocycles. The van der Waals surface area contributed by atoms with Gasteiger partial charge in [-0.1, -0.05) is 0 Å². The van der Waals surface area contributed by atoms with Crippen molar-refractivity contribution in [3.63, 3.8) is 0 Å². The largest absolute Gasteiger partial charge is 0.493 e. The van der Waals surface area contributed by atoms with Gasteiger partial charge < -0.3 is 14.5 Å². The fourth-order valence-corrected chi connectivity index (χ4v) is 5.43. The lowest BCUT2D eigenvalue weighted by atomic mass is 9.97. The first-order chi connectivity index (χ1) is 16.9. The third-order valence-electron chi connectivity index (χ3n) is 5.83. The normalized spacial score (nSPS) is 12.8. The van der Waals surface area contributed by atoms with Crippen LogP contribution < -0.4 is 15.0 Å².